The molecule has 7 heteroatoms. The molecule has 1 aliphatic heterocycles. The van der Waals surface area contributed by atoms with Crippen LogP contribution in [0.2, 0.25) is 0 Å². The fourth-order valence-corrected chi connectivity index (χ4v) is 2.28. The van der Waals surface area contributed by atoms with Crippen LogP contribution < -0.4 is 15.0 Å². The maximum atomic E-state index is 5.62. The Morgan fingerprint density at radius 1 is 1.24 bits per heavy atom. The zero-order chi connectivity index (χ0) is 15.2. The van der Waals surface area contributed by atoms with E-state index in [2.05, 4.69) is 25.2 Å². The third-order valence-corrected chi connectivity index (χ3v) is 3.34. The lowest BCUT2D eigenvalue weighted by Crippen LogP contribution is -2.37. The molecule has 2 rings (SSSR count). The Morgan fingerprint density at radius 3 is 2.52 bits per heavy atom. The average molecular weight is 295 g/mol. The molecular weight excluding hydrogens is 270 g/mol. The minimum Gasteiger partial charge on any atom is -0.461 e. The molecule has 118 valence electrons. The highest BCUT2D eigenvalue weighted by Gasteiger charge is 2.22. The number of hydrogen-bond acceptors (Lipinski definition) is 7. The molecule has 0 saturated carbocycles. The van der Waals surface area contributed by atoms with Gasteiger partial charge in [0.25, 0.3) is 0 Å². The smallest absolute Gasteiger partial charge is 0.323 e. The number of piperidine rings is 1. The fourth-order valence-electron chi connectivity index (χ4n) is 2.28. The number of anilines is 2. The maximum Gasteiger partial charge on any atom is 0.323 e. The van der Waals surface area contributed by atoms with Gasteiger partial charge in [-0.15, -0.1) is 0 Å². The number of hydrogen-bond donors (Lipinski definition) is 1. The van der Waals surface area contributed by atoms with E-state index in [0.29, 0.717) is 24.0 Å². The minimum absolute atomic E-state index is 0.0361. The van der Waals surface area contributed by atoms with E-state index in [4.69, 9.17) is 9.47 Å². The van der Waals surface area contributed by atoms with Crippen LogP contribution in [0.25, 0.3) is 0 Å². The Kier molecular flexibility index (Phi) is 5.55. The summed E-state index contributed by atoms with van der Waals surface area (Å²) >= 11 is 0. The lowest BCUT2D eigenvalue weighted by atomic mass is 10.1. The second kappa shape index (κ2) is 7.40. The summed E-state index contributed by atoms with van der Waals surface area (Å²) in [4.78, 5) is 15.3. The number of nitrogens with zero attached hydrogens (tertiary/aromatic N) is 4. The second-order valence-corrected chi connectivity index (χ2v) is 5.36. The van der Waals surface area contributed by atoms with Crippen LogP contribution >= 0.6 is 0 Å². The van der Waals surface area contributed by atoms with Gasteiger partial charge in [-0.1, -0.05) is 0 Å². The first-order valence-corrected chi connectivity index (χ1v) is 7.56. The third-order valence-electron chi connectivity index (χ3n) is 3.34. The van der Waals surface area contributed by atoms with Crippen LogP contribution in [0.3, 0.4) is 0 Å². The molecule has 0 spiro atoms. The molecule has 0 aliphatic carbocycles. The molecule has 1 fully saturated rings. The quantitative estimate of drug-likeness (QED) is 0.856. The monoisotopic (exact) mass is 295 g/mol. The van der Waals surface area contributed by atoms with Crippen LogP contribution in [0.5, 0.6) is 6.01 Å². The van der Waals surface area contributed by atoms with E-state index in [1.54, 1.807) is 7.11 Å². The number of ether oxygens (including phenoxy) is 2. The van der Waals surface area contributed by atoms with Gasteiger partial charge in [0.15, 0.2) is 0 Å². The van der Waals surface area contributed by atoms with Crippen molar-refractivity contribution in [2.24, 2.45) is 0 Å². The molecule has 1 N–H and O–H groups in total. The molecule has 1 saturated heterocycles. The van der Waals surface area contributed by atoms with Crippen molar-refractivity contribution in [3.63, 3.8) is 0 Å². The number of aromatic nitrogens is 3. The van der Waals surface area contributed by atoms with Crippen LogP contribution in [-0.4, -0.2) is 53.9 Å². The summed E-state index contributed by atoms with van der Waals surface area (Å²) in [5.74, 6) is 1.23. The van der Waals surface area contributed by atoms with Gasteiger partial charge in [-0.25, -0.2) is 0 Å². The number of rotatable bonds is 6. The summed E-state index contributed by atoms with van der Waals surface area (Å²) in [6.45, 7) is 8.46. The molecule has 21 heavy (non-hydrogen) atoms. The van der Waals surface area contributed by atoms with Crippen molar-refractivity contribution in [1.82, 2.24) is 15.0 Å². The molecule has 1 aromatic rings. The molecule has 0 atom stereocenters. The molecule has 0 bridgehead atoms. The Morgan fingerprint density at radius 2 is 1.95 bits per heavy atom. The van der Waals surface area contributed by atoms with Crippen LogP contribution in [0, 0.1) is 0 Å². The van der Waals surface area contributed by atoms with Crippen molar-refractivity contribution < 1.29 is 9.47 Å². The summed E-state index contributed by atoms with van der Waals surface area (Å²) in [5, 5.41) is 3.13. The number of nitrogens with one attached hydrogen (secondary N) is 1. The highest BCUT2D eigenvalue weighted by Crippen LogP contribution is 2.21. The predicted octanol–water partition coefficient (Wildman–Crippen LogP) is 1.71. The third kappa shape index (κ3) is 4.42. The van der Waals surface area contributed by atoms with Crippen LogP contribution in [-0.2, 0) is 4.74 Å². The Bertz CT molecular complexity index is 447. The van der Waals surface area contributed by atoms with E-state index in [1.807, 2.05) is 20.8 Å². The first-order chi connectivity index (χ1) is 10.1. The highest BCUT2D eigenvalue weighted by atomic mass is 16.5. The average Bonchev–Trinajstić information content (AvgIpc) is 2.47. The van der Waals surface area contributed by atoms with Gasteiger partial charge in [0, 0.05) is 26.7 Å². The molecule has 1 aromatic heterocycles. The minimum atomic E-state index is 0.0361. The Balaban J connectivity index is 2.15. The summed E-state index contributed by atoms with van der Waals surface area (Å²) < 4.78 is 11.0. The molecule has 7 nitrogen and oxygen atoms in total. The molecule has 0 aromatic carbocycles. The van der Waals surface area contributed by atoms with E-state index in [-0.39, 0.29) is 6.10 Å². The van der Waals surface area contributed by atoms with E-state index in [0.717, 1.165) is 32.5 Å². The topological polar surface area (TPSA) is 72.4 Å². The van der Waals surface area contributed by atoms with Crippen LogP contribution in [0.4, 0.5) is 11.9 Å². The van der Waals surface area contributed by atoms with E-state index in [9.17, 15) is 0 Å². The lowest BCUT2D eigenvalue weighted by molar-refractivity contribution is 0.0816. The maximum absolute atomic E-state index is 5.62. The first-order valence-electron chi connectivity index (χ1n) is 7.56. The highest BCUT2D eigenvalue weighted by molar-refractivity contribution is 5.38. The largest absolute Gasteiger partial charge is 0.461 e. The van der Waals surface area contributed by atoms with Gasteiger partial charge in [-0.05, 0) is 33.6 Å². The Labute approximate surface area is 126 Å². The standard InChI is InChI=1S/C14H25N5O2/c1-5-15-12-16-13(18-14(17-12)21-10(2)3)19-8-6-11(20-4)7-9-19/h10-11H,5-9H2,1-4H3,(H,15,16,17,18). The molecule has 1 aliphatic rings. The molecule has 2 heterocycles. The Hall–Kier alpha value is -1.63. The first kappa shape index (κ1) is 15.8. The van der Waals surface area contributed by atoms with Gasteiger partial charge >= 0.3 is 6.01 Å². The zero-order valence-corrected chi connectivity index (χ0v) is 13.3. The van der Waals surface area contributed by atoms with E-state index >= 15 is 0 Å². The van der Waals surface area contributed by atoms with E-state index in [1.165, 1.54) is 0 Å². The van der Waals surface area contributed by atoms with Gasteiger partial charge in [0.2, 0.25) is 11.9 Å². The van der Waals surface area contributed by atoms with Crippen molar-refractivity contribution >= 4 is 11.9 Å². The summed E-state index contributed by atoms with van der Waals surface area (Å²) in [6.07, 6.45) is 2.34. The fraction of sp³-hybridized carbons (Fsp3) is 0.786. The van der Waals surface area contributed by atoms with Crippen molar-refractivity contribution in [2.75, 3.05) is 37.0 Å². The van der Waals surface area contributed by atoms with Crippen molar-refractivity contribution in [1.29, 1.82) is 0 Å². The van der Waals surface area contributed by atoms with Crippen molar-refractivity contribution in [3.05, 3.63) is 0 Å². The SMILES string of the molecule is CCNc1nc(OC(C)C)nc(N2CCC(OC)CC2)n1. The summed E-state index contributed by atoms with van der Waals surface area (Å²) in [7, 11) is 1.76. The molecule has 0 unspecified atom stereocenters. The normalized spacial score (nSPS) is 16.3. The summed E-state index contributed by atoms with van der Waals surface area (Å²) in [6, 6.07) is 0.375. The van der Waals surface area contributed by atoms with Gasteiger partial charge in [-0.2, -0.15) is 15.0 Å². The van der Waals surface area contributed by atoms with Gasteiger partial charge < -0.3 is 19.7 Å². The molecule has 0 radical (unpaired) electrons. The van der Waals surface area contributed by atoms with Gasteiger partial charge in [0.1, 0.15) is 0 Å². The van der Waals surface area contributed by atoms with Gasteiger partial charge in [0.05, 0.1) is 12.2 Å². The lowest BCUT2D eigenvalue weighted by Gasteiger charge is -2.31. The van der Waals surface area contributed by atoms with Crippen molar-refractivity contribution in [2.45, 2.75) is 45.8 Å². The zero-order valence-electron chi connectivity index (χ0n) is 13.3. The molecular formula is C14H25N5O2. The van der Waals surface area contributed by atoms with Gasteiger partial charge in [-0.3, -0.25) is 0 Å². The van der Waals surface area contributed by atoms with Crippen molar-refractivity contribution in [3.8, 4) is 6.01 Å². The summed E-state index contributed by atoms with van der Waals surface area (Å²) in [5.41, 5.74) is 0. The van der Waals surface area contributed by atoms with Crippen LogP contribution in [0.1, 0.15) is 33.6 Å². The van der Waals surface area contributed by atoms with Crippen LogP contribution in [0.15, 0.2) is 0 Å². The predicted molar refractivity (Wildman–Crippen MR) is 82.0 cm³/mol. The second-order valence-electron chi connectivity index (χ2n) is 5.36. The molecule has 0 amide bonds. The van der Waals surface area contributed by atoms with E-state index < -0.39 is 0 Å². The number of methoxy groups -OCH3 is 1.